The predicted molar refractivity (Wildman–Crippen MR) is 212 cm³/mol. The van der Waals surface area contributed by atoms with Crippen molar-refractivity contribution in [3.63, 3.8) is 0 Å². The smallest absolute Gasteiger partial charge is 0.407 e. The first-order chi connectivity index (χ1) is 28.1. The second-order valence-electron chi connectivity index (χ2n) is 17.8. The summed E-state index contributed by atoms with van der Waals surface area (Å²) in [7, 11) is 2.51. The molecule has 14 nitrogen and oxygen atoms in total. The minimum atomic E-state index is -3.38. The van der Waals surface area contributed by atoms with Crippen LogP contribution in [0.3, 0.4) is 0 Å². The number of hydrogen-bond donors (Lipinski definition) is 4. The molecule has 6 atom stereocenters. The van der Waals surface area contributed by atoms with Crippen LogP contribution >= 0.6 is 0 Å². The lowest BCUT2D eigenvalue weighted by Crippen LogP contribution is -2.54. The van der Waals surface area contributed by atoms with Gasteiger partial charge in [-0.3, -0.25) is 9.59 Å². The van der Waals surface area contributed by atoms with E-state index in [-0.39, 0.29) is 63.7 Å². The third-order valence-electron chi connectivity index (χ3n) is 13.5. The van der Waals surface area contributed by atoms with Gasteiger partial charge in [-0.05, 0) is 85.0 Å². The number of halogens is 2. The molecule has 4 N–H and O–H groups in total. The number of H-pyrrole nitrogens is 2. The van der Waals surface area contributed by atoms with Crippen LogP contribution in [0.5, 0.6) is 0 Å². The molecular formula is C43H50F2N8O6. The number of aromatic amines is 2. The van der Waals surface area contributed by atoms with Crippen molar-refractivity contribution < 1.29 is 37.4 Å². The van der Waals surface area contributed by atoms with Gasteiger partial charge in [0.05, 0.1) is 54.8 Å². The van der Waals surface area contributed by atoms with E-state index in [2.05, 4.69) is 25.6 Å². The van der Waals surface area contributed by atoms with Gasteiger partial charge in [0.15, 0.2) is 0 Å². The van der Waals surface area contributed by atoms with Crippen molar-refractivity contribution in [1.29, 1.82) is 0 Å². The van der Waals surface area contributed by atoms with E-state index in [1.54, 1.807) is 40.3 Å². The van der Waals surface area contributed by atoms with Gasteiger partial charge < -0.3 is 39.9 Å². The number of nitrogens with one attached hydrogen (secondary N) is 4. The number of hydrogen-bond acceptors (Lipinski definition) is 8. The molecule has 16 heteroatoms. The van der Waals surface area contributed by atoms with E-state index >= 15 is 8.78 Å². The van der Waals surface area contributed by atoms with Crippen molar-refractivity contribution in [2.75, 3.05) is 20.8 Å². The Labute approximate surface area is 340 Å². The molecule has 9 rings (SSSR count). The Morgan fingerprint density at radius 3 is 2.22 bits per heavy atom. The number of piperidine rings is 1. The summed E-state index contributed by atoms with van der Waals surface area (Å²) in [5.41, 5.74) is 2.21. The standard InChI is InChI=1S/C43H50F2N8O6/c1-20(2)32(50-40(56)58-5)38(54)52-19-42(13-14-42)17-30(52)36-46-18-29(48-36)22-8-10-25-26-11-12-28-34(31(26)43(44,45)27(25)16-22)49-37(47-28)35-23-7-9-24(15-23)53(35)39(55)33(21(3)4)51-41(57)59-6/h8,10-12,16,18,20-21,23-24,30,32-33,35H,7,9,13-15,17,19H2,1-6H3,(H,46,48)(H,47,49)(H,50,56)(H,51,57)/t23-,24+,30-,32-,33-,35-/m0/s1. The van der Waals surface area contributed by atoms with E-state index in [4.69, 9.17) is 14.5 Å². The summed E-state index contributed by atoms with van der Waals surface area (Å²) >= 11 is 0. The first-order valence-electron chi connectivity index (χ1n) is 20.6. The van der Waals surface area contributed by atoms with Crippen molar-refractivity contribution in [1.82, 2.24) is 40.4 Å². The summed E-state index contributed by atoms with van der Waals surface area (Å²) in [6.07, 6.45) is 5.43. The van der Waals surface area contributed by atoms with Gasteiger partial charge in [0.2, 0.25) is 11.8 Å². The number of alkyl carbamates (subject to hydrolysis) is 2. The number of fused-ring (bicyclic) bond motifs is 7. The molecule has 2 aromatic heterocycles. The number of amides is 4. The molecule has 5 aliphatic rings. The van der Waals surface area contributed by atoms with Crippen molar-refractivity contribution in [3.05, 3.63) is 59.3 Å². The number of ether oxygens (including phenoxy) is 2. The van der Waals surface area contributed by atoms with Crippen LogP contribution in [0.25, 0.3) is 33.4 Å². The van der Waals surface area contributed by atoms with E-state index in [0.29, 0.717) is 52.5 Å². The van der Waals surface area contributed by atoms with Gasteiger partial charge in [-0.2, -0.15) is 8.78 Å². The molecule has 4 fully saturated rings. The zero-order valence-corrected chi connectivity index (χ0v) is 34.0. The Kier molecular flexibility index (Phi) is 9.27. The average Bonchev–Trinajstić information content (AvgIpc) is 3.87. The van der Waals surface area contributed by atoms with E-state index in [9.17, 15) is 19.2 Å². The molecule has 4 amide bonds. The number of likely N-dealkylation sites (tertiary alicyclic amines) is 2. The highest BCUT2D eigenvalue weighted by Gasteiger charge is 2.56. The van der Waals surface area contributed by atoms with Crippen LogP contribution in [0.15, 0.2) is 36.5 Å². The summed E-state index contributed by atoms with van der Waals surface area (Å²) in [6, 6.07) is 5.97. The maximum absolute atomic E-state index is 16.9. The van der Waals surface area contributed by atoms with Crippen LogP contribution in [0.2, 0.25) is 0 Å². The Balaban J connectivity index is 1.01. The molecule has 2 saturated carbocycles. The summed E-state index contributed by atoms with van der Waals surface area (Å²) in [5.74, 6) is -3.12. The largest absolute Gasteiger partial charge is 0.453 e. The van der Waals surface area contributed by atoms with Gasteiger partial charge in [-0.25, -0.2) is 19.6 Å². The number of carbonyl (C=O) groups is 4. The molecule has 59 heavy (non-hydrogen) atoms. The molecule has 4 heterocycles. The number of aromatic nitrogens is 4. The first-order valence-corrected chi connectivity index (χ1v) is 20.6. The molecule has 2 aromatic carbocycles. The van der Waals surface area contributed by atoms with Gasteiger partial charge in [0.25, 0.3) is 0 Å². The lowest BCUT2D eigenvalue weighted by atomic mass is 9.95. The fourth-order valence-electron chi connectivity index (χ4n) is 10.2. The average molecular weight is 813 g/mol. The van der Waals surface area contributed by atoms with E-state index < -0.39 is 36.2 Å². The Bertz CT molecular complexity index is 2370. The molecule has 0 radical (unpaired) electrons. The molecule has 2 aliphatic heterocycles. The summed E-state index contributed by atoms with van der Waals surface area (Å²) in [4.78, 5) is 72.2. The maximum atomic E-state index is 16.9. The van der Waals surface area contributed by atoms with Crippen LogP contribution in [-0.2, 0) is 25.0 Å². The first kappa shape index (κ1) is 38.9. The summed E-state index contributed by atoms with van der Waals surface area (Å²) < 4.78 is 43.4. The third kappa shape index (κ3) is 6.31. The van der Waals surface area contributed by atoms with E-state index in [0.717, 1.165) is 32.1 Å². The van der Waals surface area contributed by atoms with Crippen molar-refractivity contribution in [3.8, 4) is 22.4 Å². The van der Waals surface area contributed by atoms with Crippen LogP contribution in [0, 0.1) is 23.2 Å². The summed E-state index contributed by atoms with van der Waals surface area (Å²) in [6.45, 7) is 7.99. The number of imidazole rings is 2. The highest BCUT2D eigenvalue weighted by atomic mass is 19.3. The van der Waals surface area contributed by atoms with Crippen LogP contribution < -0.4 is 10.6 Å². The molecule has 1 spiro atoms. The molecule has 0 unspecified atom stereocenters. The molecular weight excluding hydrogens is 763 g/mol. The van der Waals surface area contributed by atoms with Crippen molar-refractivity contribution in [2.45, 2.75) is 102 Å². The topological polar surface area (TPSA) is 175 Å². The van der Waals surface area contributed by atoms with Gasteiger partial charge in [-0.1, -0.05) is 45.9 Å². The molecule has 2 bridgehead atoms. The Morgan fingerprint density at radius 1 is 0.881 bits per heavy atom. The van der Waals surface area contributed by atoms with Gasteiger partial charge >= 0.3 is 18.1 Å². The lowest BCUT2D eigenvalue weighted by molar-refractivity contribution is -0.139. The monoisotopic (exact) mass is 812 g/mol. The van der Waals surface area contributed by atoms with Gasteiger partial charge in [0, 0.05) is 23.7 Å². The van der Waals surface area contributed by atoms with Crippen molar-refractivity contribution in [2.24, 2.45) is 23.2 Å². The highest BCUT2D eigenvalue weighted by Crippen LogP contribution is 2.59. The Morgan fingerprint density at radius 2 is 1.56 bits per heavy atom. The van der Waals surface area contributed by atoms with E-state index in [1.165, 1.54) is 20.3 Å². The summed E-state index contributed by atoms with van der Waals surface area (Å²) in [5, 5.41) is 5.39. The van der Waals surface area contributed by atoms with Gasteiger partial charge in [-0.15, -0.1) is 0 Å². The fourth-order valence-corrected chi connectivity index (χ4v) is 10.2. The number of methoxy groups -OCH3 is 2. The highest BCUT2D eigenvalue weighted by molar-refractivity contribution is 5.94. The minimum absolute atomic E-state index is 0.00271. The Hall–Kier alpha value is -5.54. The lowest BCUT2D eigenvalue weighted by Gasteiger charge is -2.37. The minimum Gasteiger partial charge on any atom is -0.453 e. The molecule has 3 aliphatic carbocycles. The van der Waals surface area contributed by atoms with Gasteiger partial charge in [0.1, 0.15) is 23.7 Å². The van der Waals surface area contributed by atoms with Crippen molar-refractivity contribution >= 4 is 35.0 Å². The normalized spacial score (nSPS) is 24.1. The second kappa shape index (κ2) is 14.0. The third-order valence-corrected chi connectivity index (χ3v) is 13.5. The van der Waals surface area contributed by atoms with Crippen LogP contribution in [-0.4, -0.2) is 92.6 Å². The van der Waals surface area contributed by atoms with Crippen LogP contribution in [0.4, 0.5) is 18.4 Å². The maximum Gasteiger partial charge on any atom is 0.407 e. The number of carbonyl (C=O) groups excluding carboxylic acids is 4. The quantitative estimate of drug-likeness (QED) is 0.141. The molecule has 4 aromatic rings. The molecule has 2 saturated heterocycles. The SMILES string of the molecule is COC(=O)N[C@H](C(=O)N1CC2(CC2)C[C@H]1c1ncc(-c2ccc3c(c2)C(F)(F)c2c-3ccc3nc([C@@H]4[C@H]5CC[C@H](C5)N4C(=O)[C@@H](NC(=O)OC)C(C)C)[nH]c23)[nH]1)C(C)C. The number of benzene rings is 2. The van der Waals surface area contributed by atoms with Crippen LogP contribution in [0.1, 0.15) is 101 Å². The zero-order chi connectivity index (χ0) is 41.7. The second-order valence-corrected chi connectivity index (χ2v) is 17.8. The number of rotatable bonds is 9. The van der Waals surface area contributed by atoms with E-state index in [1.807, 2.05) is 27.7 Å². The molecule has 312 valence electrons. The fraction of sp³-hybridized carbons (Fsp3) is 0.535. The number of nitrogens with zero attached hydrogens (tertiary/aromatic N) is 4. The number of alkyl halides is 2. The predicted octanol–water partition coefficient (Wildman–Crippen LogP) is 6.94. The zero-order valence-electron chi connectivity index (χ0n) is 34.0.